The van der Waals surface area contributed by atoms with E-state index < -0.39 is 55.8 Å². The molecule has 0 radical (unpaired) electrons. The smallest absolute Gasteiger partial charge is 0.338 e. The monoisotopic (exact) mass is 370 g/mol. The number of nitro benzene ring substituents is 1. The van der Waals surface area contributed by atoms with Gasteiger partial charge in [-0.25, -0.2) is 13.1 Å². The summed E-state index contributed by atoms with van der Waals surface area (Å²) in [5.41, 5.74) is -1.30. The van der Waals surface area contributed by atoms with E-state index in [-0.39, 0.29) is 0 Å². The van der Waals surface area contributed by atoms with Crippen LogP contribution in [0, 0.1) is 15.9 Å². The summed E-state index contributed by atoms with van der Waals surface area (Å²) in [5.74, 6) is -3.74. The van der Waals surface area contributed by atoms with Gasteiger partial charge in [-0.15, -0.1) is 0 Å². The third kappa shape index (κ3) is 3.65. The number of nitrogens with one attached hydrogen (secondary N) is 1. The van der Waals surface area contributed by atoms with Crippen molar-refractivity contribution in [3.8, 4) is 0 Å². The van der Waals surface area contributed by atoms with Gasteiger partial charge in [-0.05, 0) is 12.1 Å². The summed E-state index contributed by atoms with van der Waals surface area (Å²) in [6.45, 7) is -0.876. The van der Waals surface area contributed by atoms with E-state index in [1.165, 1.54) is 0 Å². The Morgan fingerprint density at radius 3 is 2.54 bits per heavy atom. The topological polar surface area (TPSA) is 128 Å². The van der Waals surface area contributed by atoms with Crippen LogP contribution in [0.2, 0.25) is 0 Å². The first-order valence-electron chi connectivity index (χ1n) is 5.84. The number of para-hydroxylation sites is 1. The van der Waals surface area contributed by atoms with E-state index >= 15 is 0 Å². The molecular weight excluding hydrogens is 364 g/mol. The van der Waals surface area contributed by atoms with E-state index in [1.54, 1.807) is 4.72 Å². The lowest BCUT2D eigenvalue weighted by molar-refractivity contribution is -0.390. The zero-order chi connectivity index (χ0) is 18.1. The number of hydrogen-bond acceptors (Lipinski definition) is 7. The van der Waals surface area contributed by atoms with Gasteiger partial charge >= 0.3 is 11.9 Å². The predicted octanol–water partition coefficient (Wildman–Crippen LogP) is 1.61. The molecule has 0 saturated carbocycles. The van der Waals surface area contributed by atoms with Crippen LogP contribution in [-0.2, 0) is 22.7 Å². The van der Waals surface area contributed by atoms with E-state index in [9.17, 15) is 36.1 Å². The maximum atomic E-state index is 13.4. The van der Waals surface area contributed by atoms with Crippen LogP contribution in [0.1, 0.15) is 11.7 Å². The lowest BCUT2D eigenvalue weighted by Crippen LogP contribution is -2.24. The fourth-order valence-corrected chi connectivity index (χ4v) is 2.72. The average Bonchev–Trinajstić information content (AvgIpc) is 2.93. The van der Waals surface area contributed by atoms with Crippen molar-refractivity contribution >= 4 is 15.7 Å². The second kappa shape index (κ2) is 6.12. The van der Waals surface area contributed by atoms with E-state index in [1.807, 2.05) is 0 Å². The fourth-order valence-electron chi connectivity index (χ4n) is 1.57. The Hall–Kier alpha value is -2.61. The molecule has 0 unspecified atom stereocenters. The average molecular weight is 370 g/mol. The maximum Gasteiger partial charge on any atom is 0.455 e. The normalized spacial score (nSPS) is 12.3. The summed E-state index contributed by atoms with van der Waals surface area (Å²) < 4.78 is 80.2. The van der Waals surface area contributed by atoms with Gasteiger partial charge in [0.05, 0.1) is 11.5 Å². The zero-order valence-corrected chi connectivity index (χ0v) is 12.1. The summed E-state index contributed by atoms with van der Waals surface area (Å²) in [5, 5.41) is 13.4. The van der Waals surface area contributed by atoms with Crippen LogP contribution in [-0.4, -0.2) is 23.5 Å². The van der Waals surface area contributed by atoms with Crippen LogP contribution < -0.4 is 4.72 Å². The SMILES string of the molecule is O=[N+]([O-])c1c(F)cccc1S(=O)(=O)NCc1nc(C(F)(F)F)no1. The summed E-state index contributed by atoms with van der Waals surface area (Å²) >= 11 is 0. The quantitative estimate of drug-likeness (QED) is 0.481. The van der Waals surface area contributed by atoms with Crippen LogP contribution in [0.15, 0.2) is 27.6 Å². The van der Waals surface area contributed by atoms with Crippen LogP contribution >= 0.6 is 0 Å². The number of nitrogens with zero attached hydrogens (tertiary/aromatic N) is 3. The highest BCUT2D eigenvalue weighted by atomic mass is 32.2. The molecule has 24 heavy (non-hydrogen) atoms. The highest BCUT2D eigenvalue weighted by molar-refractivity contribution is 7.89. The van der Waals surface area contributed by atoms with Gasteiger partial charge in [0, 0.05) is 0 Å². The first-order valence-corrected chi connectivity index (χ1v) is 7.33. The Morgan fingerprint density at radius 1 is 1.33 bits per heavy atom. The van der Waals surface area contributed by atoms with Crippen LogP contribution in [0.4, 0.5) is 23.2 Å². The molecule has 2 aromatic rings. The number of aromatic nitrogens is 2. The highest BCUT2D eigenvalue weighted by Crippen LogP contribution is 2.27. The van der Waals surface area contributed by atoms with Gasteiger partial charge in [-0.2, -0.15) is 22.5 Å². The predicted molar refractivity (Wildman–Crippen MR) is 66.4 cm³/mol. The molecule has 0 amide bonds. The van der Waals surface area contributed by atoms with Crippen molar-refractivity contribution in [1.29, 1.82) is 0 Å². The lowest BCUT2D eigenvalue weighted by atomic mass is 10.3. The number of nitro groups is 1. The first kappa shape index (κ1) is 17.7. The molecule has 14 heteroatoms. The molecule has 2 rings (SSSR count). The first-order chi connectivity index (χ1) is 11.0. The Kier molecular flexibility index (Phi) is 4.52. The minimum absolute atomic E-state index is 0.685. The van der Waals surface area contributed by atoms with E-state index in [0.717, 1.165) is 12.1 Å². The molecule has 1 N–H and O–H groups in total. The van der Waals surface area contributed by atoms with Crippen molar-refractivity contribution in [2.75, 3.05) is 0 Å². The molecular formula is C10H6F4N4O5S. The van der Waals surface area contributed by atoms with Crippen molar-refractivity contribution in [2.24, 2.45) is 0 Å². The molecule has 0 aliphatic carbocycles. The molecule has 0 spiro atoms. The summed E-state index contributed by atoms with van der Waals surface area (Å²) in [6, 6.07) is 2.37. The van der Waals surface area contributed by atoms with Crippen molar-refractivity contribution in [2.45, 2.75) is 17.6 Å². The Morgan fingerprint density at radius 2 is 2.00 bits per heavy atom. The third-order valence-electron chi connectivity index (χ3n) is 2.56. The Labute approximate surface area is 130 Å². The molecule has 0 atom stereocenters. The molecule has 130 valence electrons. The van der Waals surface area contributed by atoms with Gasteiger partial charge in [0.15, 0.2) is 4.90 Å². The molecule has 1 aromatic heterocycles. The van der Waals surface area contributed by atoms with Gasteiger partial charge < -0.3 is 4.52 Å². The molecule has 0 saturated heterocycles. The second-order valence-corrected chi connectivity index (χ2v) is 5.91. The van der Waals surface area contributed by atoms with Crippen molar-refractivity contribution in [3.63, 3.8) is 0 Å². The number of benzene rings is 1. The lowest BCUT2D eigenvalue weighted by Gasteiger charge is -2.05. The summed E-state index contributed by atoms with van der Waals surface area (Å²) in [7, 11) is -4.62. The summed E-state index contributed by atoms with van der Waals surface area (Å²) in [6.07, 6.45) is -4.89. The van der Waals surface area contributed by atoms with Gasteiger partial charge in [0.2, 0.25) is 21.7 Å². The largest absolute Gasteiger partial charge is 0.455 e. The standard InChI is InChI=1S/C10H6F4N4O5S/c11-5-2-1-3-6(8(5)18(19)20)24(21,22)15-4-7-16-9(17-23-7)10(12,13)14/h1-3,15H,4H2. The zero-order valence-electron chi connectivity index (χ0n) is 11.2. The van der Waals surface area contributed by atoms with Crippen molar-refractivity contribution in [3.05, 3.63) is 45.8 Å². The van der Waals surface area contributed by atoms with Crippen molar-refractivity contribution < 1.29 is 35.4 Å². The van der Waals surface area contributed by atoms with Crippen LogP contribution in [0.25, 0.3) is 0 Å². The molecule has 9 nitrogen and oxygen atoms in total. The molecule has 0 fully saturated rings. The molecule has 0 bridgehead atoms. The van der Waals surface area contributed by atoms with E-state index in [2.05, 4.69) is 14.7 Å². The second-order valence-electron chi connectivity index (χ2n) is 4.18. The molecule has 1 heterocycles. The number of hydrogen-bond donors (Lipinski definition) is 1. The number of halogens is 4. The Bertz CT molecular complexity index is 880. The molecule has 0 aliphatic heterocycles. The highest BCUT2D eigenvalue weighted by Gasteiger charge is 2.37. The van der Waals surface area contributed by atoms with E-state index in [0.29, 0.717) is 6.07 Å². The number of alkyl halides is 3. The van der Waals surface area contributed by atoms with Gasteiger partial charge in [0.25, 0.3) is 5.82 Å². The fraction of sp³-hybridized carbons (Fsp3) is 0.200. The molecule has 1 aromatic carbocycles. The minimum atomic E-state index is -4.89. The Balaban J connectivity index is 2.26. The summed E-state index contributed by atoms with van der Waals surface area (Å²) in [4.78, 5) is 11.5. The van der Waals surface area contributed by atoms with Gasteiger partial charge in [-0.3, -0.25) is 10.1 Å². The third-order valence-corrected chi connectivity index (χ3v) is 3.99. The maximum absolute atomic E-state index is 13.4. The van der Waals surface area contributed by atoms with Gasteiger partial charge in [-0.1, -0.05) is 11.2 Å². The van der Waals surface area contributed by atoms with Crippen LogP contribution in [0.3, 0.4) is 0 Å². The van der Waals surface area contributed by atoms with Crippen molar-refractivity contribution in [1.82, 2.24) is 14.9 Å². The number of rotatable bonds is 5. The van der Waals surface area contributed by atoms with E-state index in [4.69, 9.17) is 0 Å². The minimum Gasteiger partial charge on any atom is -0.338 e. The molecule has 0 aliphatic rings. The van der Waals surface area contributed by atoms with Gasteiger partial charge in [0.1, 0.15) is 0 Å². The number of sulfonamides is 1. The van der Waals surface area contributed by atoms with Crippen LogP contribution in [0.5, 0.6) is 0 Å².